The topological polar surface area (TPSA) is 49.4 Å². The Hall–Kier alpha value is -0.240. The van der Waals surface area contributed by atoms with Crippen molar-refractivity contribution < 1.29 is 23.7 Å². The van der Waals surface area contributed by atoms with Crippen LogP contribution in [0.1, 0.15) is 0 Å². The van der Waals surface area contributed by atoms with Crippen LogP contribution in [0.25, 0.3) is 0 Å². The predicted octanol–water partition coefficient (Wildman–Crippen LogP) is 0.261. The molecule has 0 fully saturated rings. The summed E-state index contributed by atoms with van der Waals surface area (Å²) in [5.74, 6) is 0. The summed E-state index contributed by atoms with van der Waals surface area (Å²) in [6.45, 7) is 6.52. The maximum Gasteiger partial charge on any atom is 0.0701 e. The van der Waals surface area contributed by atoms with Crippen molar-refractivity contribution in [1.82, 2.24) is 4.90 Å². The Morgan fingerprint density at radius 2 is 0.947 bits per heavy atom. The van der Waals surface area contributed by atoms with E-state index in [0.29, 0.717) is 52.9 Å². The van der Waals surface area contributed by atoms with Crippen LogP contribution in [0.3, 0.4) is 0 Å². The molecule has 0 amide bonds. The minimum absolute atomic E-state index is 0.589. The molecule has 0 aromatic carbocycles. The fourth-order valence-electron chi connectivity index (χ4n) is 1.15. The monoisotopic (exact) mass is 279 g/mol. The van der Waals surface area contributed by atoms with Gasteiger partial charge in [-0.25, -0.2) is 0 Å². The number of ether oxygens (including phenoxy) is 5. The van der Waals surface area contributed by atoms with Gasteiger partial charge in [-0.15, -0.1) is 0 Å². The van der Waals surface area contributed by atoms with Crippen molar-refractivity contribution in [3.05, 3.63) is 0 Å². The van der Waals surface area contributed by atoms with Gasteiger partial charge in [0.25, 0.3) is 0 Å². The van der Waals surface area contributed by atoms with Gasteiger partial charge in [-0.3, -0.25) is 0 Å². The maximum atomic E-state index is 5.39. The molecule has 0 bridgehead atoms. The Morgan fingerprint density at radius 3 is 1.32 bits per heavy atom. The highest BCUT2D eigenvalue weighted by Gasteiger charge is 1.93. The molecule has 0 saturated carbocycles. The average Bonchev–Trinajstić information content (AvgIpc) is 2.39. The third-order valence-corrected chi connectivity index (χ3v) is 2.23. The Morgan fingerprint density at radius 1 is 0.579 bits per heavy atom. The second-order valence-corrected chi connectivity index (χ2v) is 4.25. The second-order valence-electron chi connectivity index (χ2n) is 4.25. The van der Waals surface area contributed by atoms with E-state index >= 15 is 0 Å². The molecular formula is C13H29NO5. The molecule has 0 atom stereocenters. The van der Waals surface area contributed by atoms with Crippen molar-refractivity contribution in [3.63, 3.8) is 0 Å². The summed E-state index contributed by atoms with van der Waals surface area (Å²) < 4.78 is 26.2. The van der Waals surface area contributed by atoms with Crippen LogP contribution in [0, 0.1) is 0 Å². The zero-order chi connectivity index (χ0) is 14.2. The molecule has 6 heteroatoms. The van der Waals surface area contributed by atoms with Gasteiger partial charge in [-0.1, -0.05) is 0 Å². The fourth-order valence-corrected chi connectivity index (χ4v) is 1.15. The van der Waals surface area contributed by atoms with E-state index in [0.717, 1.165) is 13.2 Å². The largest absolute Gasteiger partial charge is 0.382 e. The zero-order valence-electron chi connectivity index (χ0n) is 12.6. The highest BCUT2D eigenvalue weighted by molar-refractivity contribution is 4.40. The number of hydrogen-bond acceptors (Lipinski definition) is 6. The lowest BCUT2D eigenvalue weighted by atomic mass is 10.6. The van der Waals surface area contributed by atoms with Crippen LogP contribution in [0.15, 0.2) is 0 Å². The molecule has 0 rings (SSSR count). The molecule has 0 aliphatic carbocycles. The molecule has 0 heterocycles. The van der Waals surface area contributed by atoms with Gasteiger partial charge in [0.2, 0.25) is 0 Å². The van der Waals surface area contributed by atoms with Gasteiger partial charge >= 0.3 is 0 Å². The molecule has 0 N–H and O–H groups in total. The molecule has 0 aromatic rings. The van der Waals surface area contributed by atoms with Crippen LogP contribution in [0.5, 0.6) is 0 Å². The van der Waals surface area contributed by atoms with Crippen LogP contribution in [0.4, 0.5) is 0 Å². The summed E-state index contributed by atoms with van der Waals surface area (Å²) in [5, 5.41) is 0. The van der Waals surface area contributed by atoms with Gasteiger partial charge in [0, 0.05) is 13.7 Å². The van der Waals surface area contributed by atoms with Crippen molar-refractivity contribution in [2.75, 3.05) is 87.2 Å². The fraction of sp³-hybridized carbons (Fsp3) is 1.00. The van der Waals surface area contributed by atoms with E-state index < -0.39 is 0 Å². The van der Waals surface area contributed by atoms with Gasteiger partial charge in [-0.05, 0) is 14.1 Å². The highest BCUT2D eigenvalue weighted by Crippen LogP contribution is 1.83. The summed E-state index contributed by atoms with van der Waals surface area (Å²) in [6, 6.07) is 0. The van der Waals surface area contributed by atoms with Crippen molar-refractivity contribution >= 4 is 0 Å². The quantitative estimate of drug-likeness (QED) is 0.401. The molecular weight excluding hydrogens is 250 g/mol. The molecule has 116 valence electrons. The minimum atomic E-state index is 0.589. The highest BCUT2D eigenvalue weighted by atomic mass is 16.6. The van der Waals surface area contributed by atoms with Crippen molar-refractivity contribution in [1.29, 1.82) is 0 Å². The molecule has 6 nitrogen and oxygen atoms in total. The van der Waals surface area contributed by atoms with Crippen LogP contribution in [-0.4, -0.2) is 92.1 Å². The minimum Gasteiger partial charge on any atom is -0.382 e. The van der Waals surface area contributed by atoms with E-state index in [1.165, 1.54) is 0 Å². The lowest BCUT2D eigenvalue weighted by Gasteiger charge is -2.10. The van der Waals surface area contributed by atoms with Crippen LogP contribution >= 0.6 is 0 Å². The zero-order valence-corrected chi connectivity index (χ0v) is 12.6. The molecule has 19 heavy (non-hydrogen) atoms. The van der Waals surface area contributed by atoms with Crippen molar-refractivity contribution in [2.45, 2.75) is 0 Å². The second kappa shape index (κ2) is 15.8. The van der Waals surface area contributed by atoms with Gasteiger partial charge < -0.3 is 28.6 Å². The first-order chi connectivity index (χ1) is 9.27. The Bertz CT molecular complexity index is 169. The first-order valence-corrected chi connectivity index (χ1v) is 6.72. The number of methoxy groups -OCH3 is 1. The Labute approximate surface area is 116 Å². The van der Waals surface area contributed by atoms with E-state index in [4.69, 9.17) is 23.7 Å². The third kappa shape index (κ3) is 17.8. The van der Waals surface area contributed by atoms with E-state index in [-0.39, 0.29) is 0 Å². The first kappa shape index (κ1) is 18.8. The SMILES string of the molecule is COCCOCCOCCOCCOCCN(C)C. The Balaban J connectivity index is 2.91. The maximum absolute atomic E-state index is 5.39. The lowest BCUT2D eigenvalue weighted by Crippen LogP contribution is -2.19. The van der Waals surface area contributed by atoms with Crippen molar-refractivity contribution in [3.8, 4) is 0 Å². The molecule has 0 aliphatic heterocycles. The van der Waals surface area contributed by atoms with Gasteiger partial charge in [0.1, 0.15) is 0 Å². The van der Waals surface area contributed by atoms with E-state index in [1.54, 1.807) is 7.11 Å². The van der Waals surface area contributed by atoms with Crippen LogP contribution in [-0.2, 0) is 23.7 Å². The van der Waals surface area contributed by atoms with Crippen LogP contribution in [0.2, 0.25) is 0 Å². The summed E-state index contributed by atoms with van der Waals surface area (Å²) in [4.78, 5) is 2.09. The van der Waals surface area contributed by atoms with E-state index in [2.05, 4.69) is 4.90 Å². The van der Waals surface area contributed by atoms with Crippen molar-refractivity contribution in [2.24, 2.45) is 0 Å². The summed E-state index contributed by atoms with van der Waals surface area (Å²) in [6.07, 6.45) is 0. The van der Waals surface area contributed by atoms with E-state index in [1.807, 2.05) is 14.1 Å². The molecule has 0 radical (unpaired) electrons. The summed E-state index contributed by atoms with van der Waals surface area (Å²) >= 11 is 0. The van der Waals surface area contributed by atoms with Gasteiger partial charge in [-0.2, -0.15) is 0 Å². The number of rotatable bonds is 15. The summed E-state index contributed by atoms with van der Waals surface area (Å²) in [7, 11) is 5.70. The predicted molar refractivity (Wildman–Crippen MR) is 73.7 cm³/mol. The number of hydrogen-bond donors (Lipinski definition) is 0. The molecule has 0 spiro atoms. The molecule has 0 aromatic heterocycles. The lowest BCUT2D eigenvalue weighted by molar-refractivity contribution is -0.00856. The third-order valence-electron chi connectivity index (χ3n) is 2.23. The average molecular weight is 279 g/mol. The van der Waals surface area contributed by atoms with Gasteiger partial charge in [0.05, 0.1) is 59.5 Å². The molecule has 0 saturated heterocycles. The van der Waals surface area contributed by atoms with Gasteiger partial charge in [0.15, 0.2) is 0 Å². The standard InChI is InChI=1S/C13H29NO5/c1-14(2)4-5-16-8-9-18-12-13-19-11-10-17-7-6-15-3/h4-13H2,1-3H3. The number of likely N-dealkylation sites (N-methyl/N-ethyl adjacent to an activating group) is 1. The summed E-state index contributed by atoms with van der Waals surface area (Å²) in [5.41, 5.74) is 0. The molecule has 0 aliphatic rings. The normalized spacial score (nSPS) is 11.4. The Kier molecular flexibility index (Phi) is 15.6. The molecule has 0 unspecified atom stereocenters. The first-order valence-electron chi connectivity index (χ1n) is 6.72. The number of nitrogens with zero attached hydrogens (tertiary/aromatic N) is 1. The smallest absolute Gasteiger partial charge is 0.0701 e. The van der Waals surface area contributed by atoms with Crippen LogP contribution < -0.4 is 0 Å². The van der Waals surface area contributed by atoms with E-state index in [9.17, 15) is 0 Å².